The van der Waals surface area contributed by atoms with E-state index >= 15 is 0 Å². The maximum absolute atomic E-state index is 6.29. The summed E-state index contributed by atoms with van der Waals surface area (Å²) in [5.41, 5.74) is 9.05. The number of nitrogens with zero attached hydrogens (tertiary/aromatic N) is 3. The van der Waals surface area contributed by atoms with Crippen LogP contribution in [0.15, 0.2) is 51.8 Å². The van der Waals surface area contributed by atoms with Gasteiger partial charge in [0.2, 0.25) is 0 Å². The lowest BCUT2D eigenvalue weighted by Crippen LogP contribution is -2.15. The van der Waals surface area contributed by atoms with Crippen LogP contribution in [0.4, 0.5) is 5.82 Å². The number of ether oxygens (including phenoxy) is 1. The summed E-state index contributed by atoms with van der Waals surface area (Å²) in [5.74, 6) is 2.40. The Kier molecular flexibility index (Phi) is 6.99. The van der Waals surface area contributed by atoms with Gasteiger partial charge >= 0.3 is 0 Å². The Hall–Kier alpha value is -2.29. The molecule has 31 heavy (non-hydrogen) atoms. The summed E-state index contributed by atoms with van der Waals surface area (Å²) in [7, 11) is 1.69. The van der Waals surface area contributed by atoms with Gasteiger partial charge in [-0.3, -0.25) is 4.72 Å². The maximum Gasteiger partial charge on any atom is 0.152 e. The van der Waals surface area contributed by atoms with Crippen molar-refractivity contribution in [2.75, 3.05) is 19.4 Å². The van der Waals surface area contributed by atoms with Gasteiger partial charge in [0.15, 0.2) is 5.82 Å². The van der Waals surface area contributed by atoms with E-state index in [1.165, 1.54) is 0 Å². The number of hydrogen-bond acceptors (Lipinski definition) is 6. The highest BCUT2D eigenvalue weighted by Crippen LogP contribution is 2.31. The first-order chi connectivity index (χ1) is 15.1. The van der Waals surface area contributed by atoms with Crippen molar-refractivity contribution >= 4 is 55.6 Å². The predicted octanol–water partition coefficient (Wildman–Crippen LogP) is 5.58. The zero-order valence-corrected chi connectivity index (χ0v) is 20.1. The van der Waals surface area contributed by atoms with Crippen LogP contribution >= 0.6 is 27.9 Å². The molecule has 162 valence electrons. The average Bonchev–Trinajstić information content (AvgIpc) is 3.15. The minimum Gasteiger partial charge on any atom is -0.496 e. The highest BCUT2D eigenvalue weighted by Gasteiger charge is 2.17. The Labute approximate surface area is 194 Å². The van der Waals surface area contributed by atoms with Gasteiger partial charge in [-0.25, -0.2) is 9.97 Å². The average molecular weight is 500 g/mol. The molecule has 0 amide bonds. The number of halogens is 1. The quantitative estimate of drug-likeness (QED) is 0.231. The molecular formula is C23H26BrN5OS. The van der Waals surface area contributed by atoms with E-state index in [1.54, 1.807) is 19.1 Å². The van der Waals surface area contributed by atoms with E-state index in [9.17, 15) is 0 Å². The molecule has 0 bridgehead atoms. The number of nitrogen functional groups attached to an aromatic ring is 1. The van der Waals surface area contributed by atoms with Crippen LogP contribution in [0.1, 0.15) is 25.6 Å². The molecule has 0 radical (unpaired) electrons. The van der Waals surface area contributed by atoms with Gasteiger partial charge in [0.25, 0.3) is 0 Å². The van der Waals surface area contributed by atoms with Crippen LogP contribution in [0, 0.1) is 0 Å². The molecule has 0 aliphatic carbocycles. The van der Waals surface area contributed by atoms with Crippen LogP contribution in [0.3, 0.4) is 0 Å². The topological polar surface area (TPSA) is 78.0 Å². The molecule has 0 saturated carbocycles. The number of benzene rings is 2. The molecule has 0 spiro atoms. The Balaban J connectivity index is 1.62. The number of imidazole rings is 1. The number of fused-ring (bicyclic) bond motifs is 3. The fourth-order valence-electron chi connectivity index (χ4n) is 3.69. The predicted molar refractivity (Wildman–Crippen MR) is 133 cm³/mol. The van der Waals surface area contributed by atoms with Gasteiger partial charge in [0.05, 0.1) is 23.0 Å². The SMILES string of the molecule is CCCCc1nc2c(N)nc3ccccc3c2n1CCNSc1cc(Br)ccc1OC. The second-order valence-electron chi connectivity index (χ2n) is 7.29. The number of unbranched alkanes of at least 4 members (excludes halogenated alkanes) is 1. The first-order valence-corrected chi connectivity index (χ1v) is 12.0. The molecule has 2 heterocycles. The molecule has 0 saturated heterocycles. The molecule has 4 rings (SSSR count). The molecule has 4 aromatic rings. The molecule has 0 atom stereocenters. The maximum atomic E-state index is 6.29. The van der Waals surface area contributed by atoms with Crippen LogP contribution in [-0.2, 0) is 13.0 Å². The van der Waals surface area contributed by atoms with Crippen molar-refractivity contribution in [3.05, 3.63) is 52.8 Å². The summed E-state index contributed by atoms with van der Waals surface area (Å²) in [6, 6.07) is 14.1. The van der Waals surface area contributed by atoms with Crippen LogP contribution < -0.4 is 15.2 Å². The van der Waals surface area contributed by atoms with Crippen molar-refractivity contribution in [3.8, 4) is 5.75 Å². The van der Waals surface area contributed by atoms with E-state index in [4.69, 9.17) is 15.5 Å². The number of para-hydroxylation sites is 1. The lowest BCUT2D eigenvalue weighted by Gasteiger charge is -2.12. The first-order valence-electron chi connectivity index (χ1n) is 10.4. The molecule has 0 aliphatic rings. The molecule has 3 N–H and O–H groups in total. The molecular weight excluding hydrogens is 474 g/mol. The van der Waals surface area contributed by atoms with Gasteiger partial charge in [-0.2, -0.15) is 0 Å². The fourth-order valence-corrected chi connectivity index (χ4v) is 4.99. The minimum absolute atomic E-state index is 0.492. The number of hydrogen-bond donors (Lipinski definition) is 2. The number of aromatic nitrogens is 3. The summed E-state index contributed by atoms with van der Waals surface area (Å²) in [5, 5.41) is 1.09. The van der Waals surface area contributed by atoms with Gasteiger partial charge in [-0.1, -0.05) is 47.5 Å². The summed E-state index contributed by atoms with van der Waals surface area (Å²) >= 11 is 5.10. The van der Waals surface area contributed by atoms with E-state index in [2.05, 4.69) is 49.3 Å². The molecule has 8 heteroatoms. The second-order valence-corrected chi connectivity index (χ2v) is 9.13. The Morgan fingerprint density at radius 2 is 2.03 bits per heavy atom. The van der Waals surface area contributed by atoms with Crippen molar-refractivity contribution in [2.24, 2.45) is 0 Å². The summed E-state index contributed by atoms with van der Waals surface area (Å²) in [6.07, 6.45) is 3.13. The standard InChI is InChI=1S/C23H26BrN5OS/c1-3-4-9-20-28-21-22(16-7-5-6-8-17(16)27-23(21)25)29(20)13-12-26-31-19-14-15(24)10-11-18(19)30-2/h5-8,10-11,14,26H,3-4,9,12-13H2,1-2H3,(H2,25,27). The van der Waals surface area contributed by atoms with Crippen LogP contribution in [-0.4, -0.2) is 28.2 Å². The monoisotopic (exact) mass is 499 g/mol. The van der Waals surface area contributed by atoms with Gasteiger partial charge in [0, 0.05) is 29.4 Å². The second kappa shape index (κ2) is 9.89. The Bertz CT molecular complexity index is 1210. The third-order valence-corrected chi connectivity index (χ3v) is 6.57. The lowest BCUT2D eigenvalue weighted by atomic mass is 10.2. The molecule has 2 aromatic heterocycles. The van der Waals surface area contributed by atoms with Crippen LogP contribution in [0.25, 0.3) is 21.9 Å². The number of rotatable bonds is 9. The number of nitrogens with one attached hydrogen (secondary N) is 1. The number of anilines is 1. The third-order valence-electron chi connectivity index (χ3n) is 5.19. The van der Waals surface area contributed by atoms with E-state index < -0.39 is 0 Å². The van der Waals surface area contributed by atoms with E-state index in [0.29, 0.717) is 5.82 Å². The smallest absolute Gasteiger partial charge is 0.152 e. The van der Waals surface area contributed by atoms with Crippen molar-refractivity contribution in [1.29, 1.82) is 0 Å². The Morgan fingerprint density at radius 3 is 2.84 bits per heavy atom. The highest BCUT2D eigenvalue weighted by molar-refractivity contribution is 9.10. The summed E-state index contributed by atoms with van der Waals surface area (Å²) < 4.78 is 12.3. The zero-order valence-electron chi connectivity index (χ0n) is 17.7. The van der Waals surface area contributed by atoms with Gasteiger partial charge in [-0.05, 0) is 42.6 Å². The molecule has 0 aliphatic heterocycles. The molecule has 0 fully saturated rings. The molecule has 0 unspecified atom stereocenters. The van der Waals surface area contributed by atoms with E-state index in [-0.39, 0.29) is 0 Å². The van der Waals surface area contributed by atoms with Gasteiger partial charge in [-0.15, -0.1) is 0 Å². The lowest BCUT2D eigenvalue weighted by molar-refractivity contribution is 0.404. The minimum atomic E-state index is 0.492. The van der Waals surface area contributed by atoms with Crippen LogP contribution in [0.2, 0.25) is 0 Å². The van der Waals surface area contributed by atoms with E-state index in [1.807, 2.05) is 30.3 Å². The van der Waals surface area contributed by atoms with E-state index in [0.717, 1.165) is 75.2 Å². The molecule has 2 aromatic carbocycles. The van der Waals surface area contributed by atoms with Gasteiger partial charge in [0.1, 0.15) is 17.1 Å². The summed E-state index contributed by atoms with van der Waals surface area (Å²) in [4.78, 5) is 10.5. The summed E-state index contributed by atoms with van der Waals surface area (Å²) in [6.45, 7) is 3.75. The molecule has 6 nitrogen and oxygen atoms in total. The van der Waals surface area contributed by atoms with Crippen molar-refractivity contribution in [2.45, 2.75) is 37.6 Å². The number of aryl methyl sites for hydroxylation is 1. The van der Waals surface area contributed by atoms with Gasteiger partial charge < -0.3 is 15.0 Å². The number of pyridine rings is 1. The Morgan fingerprint density at radius 1 is 1.19 bits per heavy atom. The van der Waals surface area contributed by atoms with Crippen molar-refractivity contribution < 1.29 is 4.74 Å². The number of methoxy groups -OCH3 is 1. The zero-order chi connectivity index (χ0) is 21.8. The number of nitrogens with two attached hydrogens (primary N) is 1. The van der Waals surface area contributed by atoms with Crippen LogP contribution in [0.5, 0.6) is 5.75 Å². The largest absolute Gasteiger partial charge is 0.496 e. The first kappa shape index (κ1) is 21.9. The van der Waals surface area contributed by atoms with Crippen molar-refractivity contribution in [3.63, 3.8) is 0 Å². The highest BCUT2D eigenvalue weighted by atomic mass is 79.9. The fraction of sp³-hybridized carbons (Fsp3) is 0.304. The normalized spacial score (nSPS) is 11.5. The third kappa shape index (κ3) is 4.66. The van der Waals surface area contributed by atoms with Crippen molar-refractivity contribution in [1.82, 2.24) is 19.3 Å².